The third-order valence-corrected chi connectivity index (χ3v) is 3.50. The molecule has 3 rings (SSSR count). The quantitative estimate of drug-likeness (QED) is 0.746. The van der Waals surface area contributed by atoms with Crippen molar-refractivity contribution in [3.8, 4) is 17.2 Å². The van der Waals surface area contributed by atoms with Crippen molar-refractivity contribution in [2.24, 2.45) is 5.73 Å². The second-order valence-corrected chi connectivity index (χ2v) is 5.45. The number of carbonyl (C=O) groups is 1. The molecule has 0 unspecified atom stereocenters. The van der Waals surface area contributed by atoms with Crippen LogP contribution in [0.5, 0.6) is 0 Å². The summed E-state index contributed by atoms with van der Waals surface area (Å²) in [4.78, 5) is 15.6. The van der Waals surface area contributed by atoms with Gasteiger partial charge in [0, 0.05) is 0 Å². The molecular weight excluding hydrogens is 294 g/mol. The molecule has 2 heterocycles. The van der Waals surface area contributed by atoms with Crippen LogP contribution in [0, 0.1) is 20.8 Å². The number of amides is 1. The lowest BCUT2D eigenvalue weighted by molar-refractivity contribution is -0.117. The second kappa shape index (κ2) is 5.64. The zero-order chi connectivity index (χ0) is 16.6. The van der Waals surface area contributed by atoms with Crippen molar-refractivity contribution < 1.29 is 4.79 Å². The molecule has 23 heavy (non-hydrogen) atoms. The summed E-state index contributed by atoms with van der Waals surface area (Å²) in [6, 6.07) is 6.02. The summed E-state index contributed by atoms with van der Waals surface area (Å²) in [5, 5.41) is 15.2. The number of nitrogens with two attached hydrogens (primary N) is 1. The summed E-state index contributed by atoms with van der Waals surface area (Å²) in [5.74, 6) is 0.403. The van der Waals surface area contributed by atoms with Crippen molar-refractivity contribution in [1.82, 2.24) is 30.2 Å². The van der Waals surface area contributed by atoms with Crippen LogP contribution in [0.25, 0.3) is 17.2 Å². The fourth-order valence-electron chi connectivity index (χ4n) is 2.45. The average Bonchev–Trinajstić information content (AvgIpc) is 3.04. The van der Waals surface area contributed by atoms with E-state index in [1.54, 1.807) is 4.68 Å². The number of benzene rings is 1. The van der Waals surface area contributed by atoms with Gasteiger partial charge in [-0.3, -0.25) is 4.79 Å². The average molecular weight is 311 g/mol. The molecule has 0 spiro atoms. The molecule has 1 aromatic carbocycles. The number of nitrogens with zero attached hydrogens (tertiary/aromatic N) is 5. The maximum Gasteiger partial charge on any atom is 0.225 e. The Kier molecular flexibility index (Phi) is 3.65. The van der Waals surface area contributed by atoms with Gasteiger partial charge in [0.1, 0.15) is 0 Å². The number of aromatic amines is 1. The Bertz CT molecular complexity index is 878. The van der Waals surface area contributed by atoms with E-state index in [2.05, 4.69) is 31.6 Å². The highest BCUT2D eigenvalue weighted by Crippen LogP contribution is 2.23. The van der Waals surface area contributed by atoms with Gasteiger partial charge in [-0.25, -0.2) is 9.67 Å². The lowest BCUT2D eigenvalue weighted by atomic mass is 10.1. The number of H-pyrrole nitrogens is 1. The number of nitrogens with one attached hydrogen (secondary N) is 1. The molecule has 0 atom stereocenters. The lowest BCUT2D eigenvalue weighted by Crippen LogP contribution is -2.14. The van der Waals surface area contributed by atoms with Gasteiger partial charge in [-0.15, -0.1) is 0 Å². The van der Waals surface area contributed by atoms with E-state index in [9.17, 15) is 4.79 Å². The van der Waals surface area contributed by atoms with Crippen molar-refractivity contribution in [2.75, 3.05) is 0 Å². The van der Waals surface area contributed by atoms with E-state index in [1.807, 2.05) is 32.9 Å². The van der Waals surface area contributed by atoms with Gasteiger partial charge >= 0.3 is 0 Å². The fourth-order valence-corrected chi connectivity index (χ4v) is 2.45. The highest BCUT2D eigenvalue weighted by molar-refractivity contribution is 5.75. The maximum atomic E-state index is 11.2. The van der Waals surface area contributed by atoms with Crippen LogP contribution in [0.15, 0.2) is 18.2 Å². The maximum absolute atomic E-state index is 11.2. The Morgan fingerprint density at radius 1 is 1.26 bits per heavy atom. The number of rotatable bonds is 4. The summed E-state index contributed by atoms with van der Waals surface area (Å²) in [7, 11) is 0. The minimum Gasteiger partial charge on any atom is -0.369 e. The highest BCUT2D eigenvalue weighted by atomic mass is 16.1. The van der Waals surface area contributed by atoms with E-state index in [0.717, 1.165) is 16.8 Å². The third kappa shape index (κ3) is 2.83. The monoisotopic (exact) mass is 311 g/mol. The van der Waals surface area contributed by atoms with Gasteiger partial charge in [-0.05, 0) is 32.4 Å². The van der Waals surface area contributed by atoms with Crippen LogP contribution in [0.3, 0.4) is 0 Å². The first-order valence-electron chi connectivity index (χ1n) is 7.15. The van der Waals surface area contributed by atoms with Crippen molar-refractivity contribution in [3.63, 3.8) is 0 Å². The fraction of sp³-hybridized carbons (Fsp3) is 0.267. The molecule has 8 nitrogen and oxygen atoms in total. The molecule has 0 fully saturated rings. The standard InChI is InChI=1S/C15H17N7O/c1-8-4-5-11(9(2)6-8)22-15(14-10(3)18-21-19-14)17-13(20-22)7-12(16)23/h4-6H,7H2,1-3H3,(H2,16,23)(H,18,19,21). The topological polar surface area (TPSA) is 115 Å². The number of aryl methyl sites for hydroxylation is 3. The summed E-state index contributed by atoms with van der Waals surface area (Å²) in [5.41, 5.74) is 9.62. The summed E-state index contributed by atoms with van der Waals surface area (Å²) >= 11 is 0. The van der Waals surface area contributed by atoms with E-state index in [-0.39, 0.29) is 6.42 Å². The molecule has 0 bridgehead atoms. The Hall–Kier alpha value is -3.03. The van der Waals surface area contributed by atoms with Crippen LogP contribution in [0.4, 0.5) is 0 Å². The minimum absolute atomic E-state index is 0.0260. The number of primary amides is 1. The SMILES string of the molecule is Cc1ccc(-n2nc(CC(N)=O)nc2-c2n[nH]nc2C)c(C)c1. The molecule has 0 radical (unpaired) electrons. The van der Waals surface area contributed by atoms with E-state index in [4.69, 9.17) is 5.73 Å². The van der Waals surface area contributed by atoms with Crippen LogP contribution >= 0.6 is 0 Å². The molecule has 2 aromatic heterocycles. The number of aromatic nitrogens is 6. The molecule has 0 saturated carbocycles. The Morgan fingerprint density at radius 2 is 2.04 bits per heavy atom. The molecule has 0 aliphatic heterocycles. The number of carbonyl (C=O) groups excluding carboxylic acids is 1. The predicted octanol–water partition coefficient (Wildman–Crippen LogP) is 1.01. The molecule has 8 heteroatoms. The number of hydrogen-bond acceptors (Lipinski definition) is 5. The first-order chi connectivity index (χ1) is 11.0. The first kappa shape index (κ1) is 14.9. The highest BCUT2D eigenvalue weighted by Gasteiger charge is 2.20. The van der Waals surface area contributed by atoms with Crippen molar-refractivity contribution in [2.45, 2.75) is 27.2 Å². The third-order valence-electron chi connectivity index (χ3n) is 3.50. The van der Waals surface area contributed by atoms with Crippen LogP contribution in [0.2, 0.25) is 0 Å². The first-order valence-corrected chi connectivity index (χ1v) is 7.15. The Labute approximate surface area is 132 Å². The molecule has 0 aliphatic carbocycles. The van der Waals surface area contributed by atoms with Crippen molar-refractivity contribution >= 4 is 5.91 Å². The summed E-state index contributed by atoms with van der Waals surface area (Å²) < 4.78 is 1.68. The van der Waals surface area contributed by atoms with E-state index < -0.39 is 5.91 Å². The molecule has 0 saturated heterocycles. The second-order valence-electron chi connectivity index (χ2n) is 5.45. The van der Waals surface area contributed by atoms with Gasteiger partial charge in [0.15, 0.2) is 17.3 Å². The predicted molar refractivity (Wildman–Crippen MR) is 83.8 cm³/mol. The minimum atomic E-state index is -0.480. The van der Waals surface area contributed by atoms with Crippen LogP contribution in [-0.4, -0.2) is 36.1 Å². The van der Waals surface area contributed by atoms with E-state index in [1.165, 1.54) is 0 Å². The number of hydrogen-bond donors (Lipinski definition) is 2. The largest absolute Gasteiger partial charge is 0.369 e. The van der Waals surface area contributed by atoms with Gasteiger partial charge in [0.25, 0.3) is 0 Å². The summed E-state index contributed by atoms with van der Waals surface area (Å²) in [6.07, 6.45) is -0.0260. The molecule has 3 aromatic rings. The van der Waals surface area contributed by atoms with Gasteiger partial charge in [-0.2, -0.15) is 20.5 Å². The molecular formula is C15H17N7O. The van der Waals surface area contributed by atoms with Gasteiger partial charge in [0.2, 0.25) is 5.91 Å². The van der Waals surface area contributed by atoms with Crippen molar-refractivity contribution in [1.29, 1.82) is 0 Å². The molecule has 118 valence electrons. The molecule has 0 aliphatic rings. The normalized spacial score (nSPS) is 10.9. The Balaban J connectivity index is 2.19. The Morgan fingerprint density at radius 3 is 2.65 bits per heavy atom. The van der Waals surface area contributed by atoms with Crippen molar-refractivity contribution in [3.05, 3.63) is 40.8 Å². The zero-order valence-corrected chi connectivity index (χ0v) is 13.2. The van der Waals surface area contributed by atoms with Crippen LogP contribution in [0.1, 0.15) is 22.6 Å². The van der Waals surface area contributed by atoms with Gasteiger partial charge in [0.05, 0.1) is 17.8 Å². The van der Waals surface area contributed by atoms with Crippen LogP contribution in [-0.2, 0) is 11.2 Å². The van der Waals surface area contributed by atoms with Gasteiger partial charge < -0.3 is 5.73 Å². The molecule has 3 N–H and O–H groups in total. The van der Waals surface area contributed by atoms with Crippen LogP contribution < -0.4 is 5.73 Å². The van der Waals surface area contributed by atoms with E-state index in [0.29, 0.717) is 23.0 Å². The smallest absolute Gasteiger partial charge is 0.225 e. The zero-order valence-electron chi connectivity index (χ0n) is 13.2. The lowest BCUT2D eigenvalue weighted by Gasteiger charge is -2.08. The van der Waals surface area contributed by atoms with Gasteiger partial charge in [-0.1, -0.05) is 17.7 Å². The van der Waals surface area contributed by atoms with E-state index >= 15 is 0 Å². The summed E-state index contributed by atoms with van der Waals surface area (Å²) in [6.45, 7) is 5.85. The molecule has 1 amide bonds.